The Bertz CT molecular complexity index is 541. The predicted octanol–water partition coefficient (Wildman–Crippen LogP) is 2.37. The molecule has 6 nitrogen and oxygen atoms in total. The maximum Gasteiger partial charge on any atom is 0.203 e. The highest BCUT2D eigenvalue weighted by atomic mass is 32.1. The normalized spacial score (nSPS) is 11.8. The molecule has 0 bridgehead atoms. The van der Waals surface area contributed by atoms with Crippen LogP contribution >= 0.6 is 11.5 Å². The van der Waals surface area contributed by atoms with Crippen LogP contribution in [0, 0.1) is 13.8 Å². The Balaban J connectivity index is 2.01. The van der Waals surface area contributed by atoms with Crippen LogP contribution in [0.4, 0.5) is 5.13 Å². The van der Waals surface area contributed by atoms with Gasteiger partial charge in [-0.3, -0.25) is 0 Å². The van der Waals surface area contributed by atoms with E-state index in [1.54, 1.807) is 7.11 Å². The van der Waals surface area contributed by atoms with Crippen molar-refractivity contribution in [1.82, 2.24) is 19.3 Å². The van der Waals surface area contributed by atoms with Gasteiger partial charge in [0.05, 0.1) is 12.2 Å². The summed E-state index contributed by atoms with van der Waals surface area (Å²) in [5.41, 5.74) is 1.65. The number of H-pyrrole nitrogens is 1. The summed E-state index contributed by atoms with van der Waals surface area (Å²) in [6.07, 6.45) is 0. The molecule has 2 aromatic heterocycles. The summed E-state index contributed by atoms with van der Waals surface area (Å²) in [7, 11) is 1.66. The number of aromatic amines is 1. The highest BCUT2D eigenvalue weighted by Crippen LogP contribution is 2.24. The number of ether oxygens (including phenoxy) is 1. The van der Waals surface area contributed by atoms with E-state index in [-0.39, 0.29) is 0 Å². The van der Waals surface area contributed by atoms with E-state index in [1.807, 2.05) is 27.7 Å². The fourth-order valence-corrected chi connectivity index (χ4v) is 2.19. The number of aryl methyl sites for hydroxylation is 2. The van der Waals surface area contributed by atoms with Gasteiger partial charge in [-0.1, -0.05) is 0 Å². The molecule has 2 heterocycles. The lowest BCUT2D eigenvalue weighted by atomic mass is 10.1. The molecule has 2 rings (SSSR count). The van der Waals surface area contributed by atoms with Gasteiger partial charge in [0.2, 0.25) is 5.13 Å². The van der Waals surface area contributed by atoms with E-state index in [2.05, 4.69) is 24.6 Å². The van der Waals surface area contributed by atoms with Crippen molar-refractivity contribution in [3.8, 4) is 0 Å². The molecule has 19 heavy (non-hydrogen) atoms. The van der Waals surface area contributed by atoms with Crippen LogP contribution in [0.15, 0.2) is 0 Å². The van der Waals surface area contributed by atoms with E-state index in [4.69, 9.17) is 4.74 Å². The second kappa shape index (κ2) is 5.26. The smallest absolute Gasteiger partial charge is 0.203 e. The molecule has 0 saturated carbocycles. The number of hydrogen-bond acceptors (Lipinski definition) is 6. The molecule has 0 aliphatic heterocycles. The van der Waals surface area contributed by atoms with Gasteiger partial charge in [0.1, 0.15) is 11.4 Å². The van der Waals surface area contributed by atoms with Crippen LogP contribution in [-0.2, 0) is 16.9 Å². The monoisotopic (exact) mass is 281 g/mol. The molecule has 2 aromatic rings. The SMILES string of the molecule is COC(C)(C)c1nsc(NCc2nc(C)c(C)[nH]2)n1. The molecular weight excluding hydrogens is 262 g/mol. The molecule has 0 radical (unpaired) electrons. The first-order valence-corrected chi connectivity index (χ1v) is 6.85. The van der Waals surface area contributed by atoms with Crippen LogP contribution in [-0.4, -0.2) is 26.4 Å². The van der Waals surface area contributed by atoms with E-state index in [9.17, 15) is 0 Å². The van der Waals surface area contributed by atoms with Crippen molar-refractivity contribution >= 4 is 16.7 Å². The minimum atomic E-state index is -0.464. The van der Waals surface area contributed by atoms with Crippen molar-refractivity contribution in [2.24, 2.45) is 0 Å². The first-order valence-electron chi connectivity index (χ1n) is 6.07. The second-order valence-electron chi connectivity index (χ2n) is 4.89. The lowest BCUT2D eigenvalue weighted by Gasteiger charge is -2.18. The van der Waals surface area contributed by atoms with Gasteiger partial charge in [0.25, 0.3) is 0 Å². The van der Waals surface area contributed by atoms with Crippen molar-refractivity contribution < 1.29 is 4.74 Å². The Morgan fingerprint density at radius 3 is 2.63 bits per heavy atom. The highest BCUT2D eigenvalue weighted by Gasteiger charge is 2.24. The molecule has 2 N–H and O–H groups in total. The third kappa shape index (κ3) is 3.10. The lowest BCUT2D eigenvalue weighted by Crippen LogP contribution is -2.21. The van der Waals surface area contributed by atoms with Gasteiger partial charge in [0, 0.05) is 24.3 Å². The van der Waals surface area contributed by atoms with Crippen molar-refractivity contribution in [2.75, 3.05) is 12.4 Å². The molecule has 0 atom stereocenters. The number of imidazole rings is 1. The second-order valence-corrected chi connectivity index (χ2v) is 5.64. The van der Waals surface area contributed by atoms with Crippen LogP contribution in [0.5, 0.6) is 0 Å². The van der Waals surface area contributed by atoms with Gasteiger partial charge in [-0.15, -0.1) is 0 Å². The number of methoxy groups -OCH3 is 1. The molecule has 7 heteroatoms. The number of hydrogen-bond donors (Lipinski definition) is 2. The summed E-state index contributed by atoms with van der Waals surface area (Å²) in [6, 6.07) is 0. The molecule has 0 spiro atoms. The zero-order valence-electron chi connectivity index (χ0n) is 11.9. The van der Waals surface area contributed by atoms with E-state index in [0.717, 1.165) is 22.3 Å². The van der Waals surface area contributed by atoms with Crippen molar-refractivity contribution in [3.05, 3.63) is 23.0 Å². The summed E-state index contributed by atoms with van der Waals surface area (Å²) in [6.45, 7) is 8.49. The van der Waals surface area contributed by atoms with Gasteiger partial charge in [-0.25, -0.2) is 9.97 Å². The number of anilines is 1. The van der Waals surface area contributed by atoms with Gasteiger partial charge in [0.15, 0.2) is 5.82 Å². The Hall–Kier alpha value is -1.47. The van der Waals surface area contributed by atoms with Crippen LogP contribution in [0.3, 0.4) is 0 Å². The van der Waals surface area contributed by atoms with Crippen LogP contribution in [0.1, 0.15) is 36.9 Å². The number of aromatic nitrogens is 4. The molecular formula is C12H19N5OS. The third-order valence-corrected chi connectivity index (χ3v) is 3.73. The van der Waals surface area contributed by atoms with Crippen molar-refractivity contribution in [1.29, 1.82) is 0 Å². The van der Waals surface area contributed by atoms with Gasteiger partial charge in [-0.2, -0.15) is 4.37 Å². The van der Waals surface area contributed by atoms with E-state index in [0.29, 0.717) is 12.4 Å². The summed E-state index contributed by atoms with van der Waals surface area (Å²) in [5, 5.41) is 3.98. The van der Waals surface area contributed by atoms with Gasteiger partial charge in [-0.05, 0) is 27.7 Å². The number of nitrogens with zero attached hydrogens (tertiary/aromatic N) is 3. The minimum absolute atomic E-state index is 0.464. The number of nitrogens with one attached hydrogen (secondary N) is 2. The summed E-state index contributed by atoms with van der Waals surface area (Å²) < 4.78 is 9.66. The molecule has 0 aliphatic rings. The summed E-state index contributed by atoms with van der Waals surface area (Å²) >= 11 is 1.33. The molecule has 0 saturated heterocycles. The fourth-order valence-electron chi connectivity index (χ4n) is 1.50. The summed E-state index contributed by atoms with van der Waals surface area (Å²) in [4.78, 5) is 12.1. The first-order chi connectivity index (χ1) is 8.92. The summed E-state index contributed by atoms with van der Waals surface area (Å²) in [5.74, 6) is 1.59. The zero-order valence-corrected chi connectivity index (χ0v) is 12.7. The predicted molar refractivity (Wildman–Crippen MR) is 75.3 cm³/mol. The maximum atomic E-state index is 5.35. The lowest BCUT2D eigenvalue weighted by molar-refractivity contribution is 0.0126. The molecule has 0 unspecified atom stereocenters. The first kappa shape index (κ1) is 14.0. The van der Waals surface area contributed by atoms with Crippen LogP contribution in [0.25, 0.3) is 0 Å². The number of rotatable bonds is 5. The average molecular weight is 281 g/mol. The highest BCUT2D eigenvalue weighted by molar-refractivity contribution is 7.09. The Labute approximate surface area is 116 Å². The largest absolute Gasteiger partial charge is 0.371 e. The molecule has 0 aromatic carbocycles. The average Bonchev–Trinajstić information content (AvgIpc) is 2.95. The quantitative estimate of drug-likeness (QED) is 0.880. The topological polar surface area (TPSA) is 75.7 Å². The fraction of sp³-hybridized carbons (Fsp3) is 0.583. The van der Waals surface area contributed by atoms with E-state index >= 15 is 0 Å². The molecule has 104 valence electrons. The minimum Gasteiger partial charge on any atom is -0.371 e. The third-order valence-electron chi connectivity index (χ3n) is 3.06. The van der Waals surface area contributed by atoms with Gasteiger partial charge >= 0.3 is 0 Å². The van der Waals surface area contributed by atoms with Crippen molar-refractivity contribution in [2.45, 2.75) is 39.8 Å². The Kier molecular flexibility index (Phi) is 3.86. The zero-order chi connectivity index (χ0) is 14.0. The van der Waals surface area contributed by atoms with Crippen molar-refractivity contribution in [3.63, 3.8) is 0 Å². The van der Waals surface area contributed by atoms with E-state index in [1.165, 1.54) is 11.5 Å². The Morgan fingerprint density at radius 1 is 1.32 bits per heavy atom. The molecule has 0 aliphatic carbocycles. The Morgan fingerprint density at radius 2 is 2.05 bits per heavy atom. The van der Waals surface area contributed by atoms with Crippen LogP contribution in [0.2, 0.25) is 0 Å². The molecule has 0 fully saturated rings. The molecule has 0 amide bonds. The standard InChI is InChI=1S/C12H19N5OS/c1-7-8(2)15-9(14-7)6-13-11-16-10(17-19-11)12(3,4)18-5/h6H2,1-5H3,(H,14,15)(H,13,16,17). The maximum absolute atomic E-state index is 5.35. The van der Waals surface area contributed by atoms with Gasteiger partial charge < -0.3 is 15.0 Å². The van der Waals surface area contributed by atoms with Crippen LogP contribution < -0.4 is 5.32 Å². The van der Waals surface area contributed by atoms with E-state index < -0.39 is 5.60 Å².